The van der Waals surface area contributed by atoms with Crippen LogP contribution in [0.4, 0.5) is 17.1 Å². The van der Waals surface area contributed by atoms with Crippen molar-refractivity contribution in [3.8, 4) is 0 Å². The molecule has 2 aromatic rings. The van der Waals surface area contributed by atoms with Crippen LogP contribution in [-0.4, -0.2) is 10.8 Å². The van der Waals surface area contributed by atoms with Crippen LogP contribution in [0.15, 0.2) is 42.5 Å². The minimum Gasteiger partial charge on any atom is -0.397 e. The van der Waals surface area contributed by atoms with Crippen molar-refractivity contribution in [3.63, 3.8) is 0 Å². The first-order chi connectivity index (χ1) is 9.49. The Morgan fingerprint density at radius 2 is 1.95 bits per heavy atom. The lowest BCUT2D eigenvalue weighted by Gasteiger charge is -2.08. The van der Waals surface area contributed by atoms with E-state index < -0.39 is 10.8 Å². The third-order valence-corrected chi connectivity index (χ3v) is 2.94. The van der Waals surface area contributed by atoms with Crippen LogP contribution >= 0.6 is 11.6 Å². The molecule has 20 heavy (non-hydrogen) atoms. The van der Waals surface area contributed by atoms with Crippen molar-refractivity contribution < 1.29 is 9.72 Å². The van der Waals surface area contributed by atoms with Crippen molar-refractivity contribution in [3.05, 3.63) is 63.2 Å². The summed E-state index contributed by atoms with van der Waals surface area (Å²) in [5.41, 5.74) is 6.29. The van der Waals surface area contributed by atoms with Gasteiger partial charge in [-0.2, -0.15) is 0 Å². The Morgan fingerprint density at radius 1 is 1.25 bits per heavy atom. The lowest BCUT2D eigenvalue weighted by molar-refractivity contribution is -0.384. The third kappa shape index (κ3) is 2.86. The maximum Gasteiger partial charge on any atom is 0.271 e. The number of nitro benzene ring substituents is 1. The molecule has 102 valence electrons. The number of benzene rings is 2. The predicted octanol–water partition coefficient (Wildman–Crippen LogP) is 3.08. The van der Waals surface area contributed by atoms with E-state index in [4.69, 9.17) is 17.3 Å². The highest BCUT2D eigenvalue weighted by Crippen LogP contribution is 2.24. The lowest BCUT2D eigenvalue weighted by Crippen LogP contribution is -2.14. The van der Waals surface area contributed by atoms with Crippen molar-refractivity contribution in [1.29, 1.82) is 0 Å². The molecule has 0 fully saturated rings. The maximum atomic E-state index is 12.0. The molecule has 0 atom stereocenters. The molecular formula is C13H10ClN3O3. The van der Waals surface area contributed by atoms with Crippen molar-refractivity contribution in [2.45, 2.75) is 0 Å². The summed E-state index contributed by atoms with van der Waals surface area (Å²) in [5, 5.41) is 13.5. The standard InChI is InChI=1S/C13H10ClN3O3/c14-11-6-2-5-10(12(11)15)13(18)16-8-3-1-4-9(7-8)17(19)20/h1-7H,15H2,(H,16,18). The first-order valence-corrected chi connectivity index (χ1v) is 5.96. The highest BCUT2D eigenvalue weighted by Gasteiger charge is 2.13. The van der Waals surface area contributed by atoms with E-state index >= 15 is 0 Å². The number of nitrogen functional groups attached to an aromatic ring is 1. The van der Waals surface area contributed by atoms with E-state index in [9.17, 15) is 14.9 Å². The van der Waals surface area contributed by atoms with Crippen LogP contribution in [0.3, 0.4) is 0 Å². The normalized spacial score (nSPS) is 10.1. The van der Waals surface area contributed by atoms with Crippen LogP contribution in [0.25, 0.3) is 0 Å². The van der Waals surface area contributed by atoms with Gasteiger partial charge in [-0.3, -0.25) is 14.9 Å². The molecule has 3 N–H and O–H groups in total. The fraction of sp³-hybridized carbons (Fsp3) is 0. The molecule has 0 heterocycles. The lowest BCUT2D eigenvalue weighted by atomic mass is 10.1. The number of para-hydroxylation sites is 1. The molecule has 2 rings (SSSR count). The molecule has 0 unspecified atom stereocenters. The molecule has 7 heteroatoms. The molecule has 0 aliphatic carbocycles. The number of halogens is 1. The molecule has 0 saturated heterocycles. The smallest absolute Gasteiger partial charge is 0.271 e. The van der Waals surface area contributed by atoms with E-state index in [2.05, 4.69) is 5.32 Å². The minimum absolute atomic E-state index is 0.109. The maximum absolute atomic E-state index is 12.0. The topological polar surface area (TPSA) is 98.3 Å². The number of nitrogens with two attached hydrogens (primary N) is 1. The number of carbonyl (C=O) groups excluding carboxylic acids is 1. The number of non-ortho nitro benzene ring substituents is 1. The minimum atomic E-state index is -0.538. The van der Waals surface area contributed by atoms with E-state index in [0.29, 0.717) is 5.69 Å². The van der Waals surface area contributed by atoms with Gasteiger partial charge in [0.15, 0.2) is 0 Å². The van der Waals surface area contributed by atoms with Gasteiger partial charge in [0, 0.05) is 17.8 Å². The van der Waals surface area contributed by atoms with Gasteiger partial charge in [0.2, 0.25) is 0 Å². The van der Waals surface area contributed by atoms with E-state index in [1.54, 1.807) is 18.2 Å². The van der Waals surface area contributed by atoms with Gasteiger partial charge in [-0.05, 0) is 18.2 Å². The molecule has 0 aliphatic heterocycles. The highest BCUT2D eigenvalue weighted by molar-refractivity contribution is 6.34. The Hall–Kier alpha value is -2.60. The molecule has 0 saturated carbocycles. The van der Waals surface area contributed by atoms with E-state index in [1.165, 1.54) is 24.3 Å². The molecule has 0 aliphatic rings. The third-order valence-electron chi connectivity index (χ3n) is 2.61. The van der Waals surface area contributed by atoms with Crippen molar-refractivity contribution in [2.24, 2.45) is 0 Å². The average molecular weight is 292 g/mol. The second kappa shape index (κ2) is 5.58. The zero-order chi connectivity index (χ0) is 14.7. The molecule has 0 radical (unpaired) electrons. The molecule has 1 amide bonds. The van der Waals surface area contributed by atoms with Gasteiger partial charge >= 0.3 is 0 Å². The molecule has 6 nitrogen and oxygen atoms in total. The van der Waals surface area contributed by atoms with Gasteiger partial charge in [-0.25, -0.2) is 0 Å². The Kier molecular flexibility index (Phi) is 3.86. The predicted molar refractivity (Wildman–Crippen MR) is 76.9 cm³/mol. The van der Waals surface area contributed by atoms with E-state index in [0.717, 1.165) is 0 Å². The Balaban J connectivity index is 2.26. The summed E-state index contributed by atoms with van der Waals surface area (Å²) in [6, 6.07) is 10.3. The molecule has 2 aromatic carbocycles. The monoisotopic (exact) mass is 291 g/mol. The summed E-state index contributed by atoms with van der Waals surface area (Å²) < 4.78 is 0. The van der Waals surface area contributed by atoms with Gasteiger partial charge in [-0.1, -0.05) is 23.7 Å². The van der Waals surface area contributed by atoms with Crippen molar-refractivity contribution >= 4 is 34.6 Å². The summed E-state index contributed by atoms with van der Waals surface area (Å²) in [7, 11) is 0. The average Bonchev–Trinajstić information content (AvgIpc) is 2.42. The van der Waals surface area contributed by atoms with Gasteiger partial charge in [0.25, 0.3) is 11.6 Å². The summed E-state index contributed by atoms with van der Waals surface area (Å²) in [6.07, 6.45) is 0. The molecular weight excluding hydrogens is 282 g/mol. The number of rotatable bonds is 3. The van der Waals surface area contributed by atoms with Gasteiger partial charge < -0.3 is 11.1 Å². The number of amides is 1. The molecule has 0 spiro atoms. The van der Waals surface area contributed by atoms with Crippen LogP contribution in [-0.2, 0) is 0 Å². The first-order valence-electron chi connectivity index (χ1n) is 5.59. The second-order valence-electron chi connectivity index (χ2n) is 3.96. The summed E-state index contributed by atoms with van der Waals surface area (Å²) in [5.74, 6) is -0.481. The van der Waals surface area contributed by atoms with Crippen LogP contribution in [0, 0.1) is 10.1 Å². The van der Waals surface area contributed by atoms with Gasteiger partial charge in [-0.15, -0.1) is 0 Å². The van der Waals surface area contributed by atoms with Crippen LogP contribution in [0.5, 0.6) is 0 Å². The number of hydrogen-bond donors (Lipinski definition) is 2. The fourth-order valence-electron chi connectivity index (χ4n) is 1.63. The van der Waals surface area contributed by atoms with E-state index in [1.807, 2.05) is 0 Å². The Bertz CT molecular complexity index is 688. The number of anilines is 2. The molecule has 0 bridgehead atoms. The summed E-state index contributed by atoms with van der Waals surface area (Å²) in [6.45, 7) is 0. The van der Waals surface area contributed by atoms with Crippen LogP contribution < -0.4 is 11.1 Å². The number of nitro groups is 1. The summed E-state index contributed by atoms with van der Waals surface area (Å²) >= 11 is 5.83. The molecule has 0 aromatic heterocycles. The van der Waals surface area contributed by atoms with Gasteiger partial charge in [0.05, 0.1) is 21.2 Å². The Morgan fingerprint density at radius 3 is 2.65 bits per heavy atom. The van der Waals surface area contributed by atoms with Gasteiger partial charge in [0.1, 0.15) is 0 Å². The van der Waals surface area contributed by atoms with Crippen molar-refractivity contribution in [1.82, 2.24) is 0 Å². The van der Waals surface area contributed by atoms with Crippen LogP contribution in [0.2, 0.25) is 5.02 Å². The first kappa shape index (κ1) is 13.8. The Labute approximate surface area is 119 Å². The van der Waals surface area contributed by atoms with Crippen LogP contribution in [0.1, 0.15) is 10.4 Å². The number of nitrogens with zero attached hydrogens (tertiary/aromatic N) is 1. The number of carbonyl (C=O) groups is 1. The van der Waals surface area contributed by atoms with E-state index in [-0.39, 0.29) is 22.0 Å². The quantitative estimate of drug-likeness (QED) is 0.516. The number of hydrogen-bond acceptors (Lipinski definition) is 4. The highest BCUT2D eigenvalue weighted by atomic mass is 35.5. The number of nitrogens with one attached hydrogen (secondary N) is 1. The second-order valence-corrected chi connectivity index (χ2v) is 4.37. The largest absolute Gasteiger partial charge is 0.397 e. The fourth-order valence-corrected chi connectivity index (χ4v) is 1.81. The SMILES string of the molecule is Nc1c(Cl)cccc1C(=O)Nc1cccc([N+](=O)[O-])c1. The van der Waals surface area contributed by atoms with Crippen molar-refractivity contribution in [2.75, 3.05) is 11.1 Å². The summed E-state index contributed by atoms with van der Waals surface area (Å²) in [4.78, 5) is 22.2. The zero-order valence-corrected chi connectivity index (χ0v) is 10.9. The zero-order valence-electron chi connectivity index (χ0n) is 10.2.